The molecule has 0 bridgehead atoms. The van der Waals surface area contributed by atoms with Crippen molar-refractivity contribution in [1.82, 2.24) is 0 Å². The van der Waals surface area contributed by atoms with Crippen molar-refractivity contribution in [2.45, 2.75) is 13.8 Å². The summed E-state index contributed by atoms with van der Waals surface area (Å²) in [5, 5.41) is 6.36. The topological polar surface area (TPSA) is 58.2 Å². The van der Waals surface area contributed by atoms with Gasteiger partial charge in [-0.2, -0.15) is 0 Å². The van der Waals surface area contributed by atoms with Gasteiger partial charge in [0, 0.05) is 26.9 Å². The second kappa shape index (κ2) is 7.51. The highest BCUT2D eigenvalue weighted by Gasteiger charge is 2.16. The first kappa shape index (κ1) is 18.0. The summed E-state index contributed by atoms with van der Waals surface area (Å²) in [4.78, 5) is 23.7. The Kier molecular flexibility index (Phi) is 5.89. The van der Waals surface area contributed by atoms with Crippen LogP contribution < -0.4 is 10.6 Å². The van der Waals surface area contributed by atoms with E-state index in [9.17, 15) is 9.59 Å². The van der Waals surface area contributed by atoms with Gasteiger partial charge in [0.2, 0.25) is 5.91 Å². The van der Waals surface area contributed by atoms with Crippen LogP contribution in [-0.4, -0.2) is 11.8 Å². The summed E-state index contributed by atoms with van der Waals surface area (Å²) >= 11 is 14.0. The van der Waals surface area contributed by atoms with E-state index in [1.807, 2.05) is 29.5 Å². The number of hydrogen-bond acceptors (Lipinski definition) is 2. The number of nitrogens with one attached hydrogen (secondary N) is 2. The number of halogens is 3. The van der Waals surface area contributed by atoms with Crippen LogP contribution in [0.25, 0.3) is 0 Å². The lowest BCUT2D eigenvalue weighted by Crippen LogP contribution is -2.15. The van der Waals surface area contributed by atoms with Crippen molar-refractivity contribution in [3.63, 3.8) is 0 Å². The van der Waals surface area contributed by atoms with E-state index in [1.54, 1.807) is 30.3 Å². The molecule has 0 saturated carbocycles. The summed E-state index contributed by atoms with van der Waals surface area (Å²) in [6.45, 7) is 3.25. The molecule has 0 saturated heterocycles. The van der Waals surface area contributed by atoms with Gasteiger partial charge in [-0.1, -0.05) is 29.3 Å². The van der Waals surface area contributed by atoms with Crippen LogP contribution in [0.1, 0.15) is 22.8 Å². The van der Waals surface area contributed by atoms with Gasteiger partial charge in [-0.25, -0.2) is 0 Å². The fourth-order valence-corrected chi connectivity index (χ4v) is 3.06. The number of benzene rings is 2. The summed E-state index contributed by atoms with van der Waals surface area (Å²) in [6, 6.07) is 8.44. The van der Waals surface area contributed by atoms with Crippen LogP contribution in [0.5, 0.6) is 0 Å². The highest BCUT2D eigenvalue weighted by atomic mass is 127. The minimum atomic E-state index is -0.318. The Morgan fingerprint density at radius 1 is 1.09 bits per heavy atom. The van der Waals surface area contributed by atoms with Crippen molar-refractivity contribution < 1.29 is 9.59 Å². The maximum absolute atomic E-state index is 12.5. The largest absolute Gasteiger partial charge is 0.326 e. The zero-order valence-corrected chi connectivity index (χ0v) is 16.0. The fraction of sp³-hybridized carbons (Fsp3) is 0.125. The van der Waals surface area contributed by atoms with E-state index in [0.29, 0.717) is 30.6 Å². The minimum Gasteiger partial charge on any atom is -0.326 e. The van der Waals surface area contributed by atoms with Gasteiger partial charge in [0.15, 0.2) is 0 Å². The van der Waals surface area contributed by atoms with E-state index in [4.69, 9.17) is 23.2 Å². The molecule has 2 aromatic carbocycles. The van der Waals surface area contributed by atoms with Gasteiger partial charge in [0.1, 0.15) is 0 Å². The molecule has 0 aromatic heterocycles. The van der Waals surface area contributed by atoms with E-state index >= 15 is 0 Å². The highest BCUT2D eigenvalue weighted by Crippen LogP contribution is 2.29. The summed E-state index contributed by atoms with van der Waals surface area (Å²) in [7, 11) is 0. The zero-order valence-electron chi connectivity index (χ0n) is 12.3. The molecular formula is C16H13Cl2IN2O2. The van der Waals surface area contributed by atoms with Crippen LogP contribution in [0.4, 0.5) is 11.4 Å². The Labute approximate surface area is 157 Å². The summed E-state index contributed by atoms with van der Waals surface area (Å²) in [6.07, 6.45) is 0. The molecule has 120 valence electrons. The maximum Gasteiger partial charge on any atom is 0.256 e. The Morgan fingerprint density at radius 2 is 1.70 bits per heavy atom. The van der Waals surface area contributed by atoms with Crippen molar-refractivity contribution in [3.05, 3.63) is 55.1 Å². The number of carbonyl (C=O) groups excluding carboxylic acids is 2. The molecule has 7 heteroatoms. The first-order valence-electron chi connectivity index (χ1n) is 6.62. The molecule has 0 unspecified atom stereocenters. The molecule has 2 amide bonds. The summed E-state index contributed by atoms with van der Waals surface area (Å²) in [5.41, 5.74) is 2.41. The van der Waals surface area contributed by atoms with Crippen LogP contribution in [0, 0.1) is 10.5 Å². The monoisotopic (exact) mass is 462 g/mol. The second-order valence-electron chi connectivity index (χ2n) is 4.86. The molecule has 0 spiro atoms. The standard InChI is InChI=1S/C16H13Cl2IN2O2/c1-8-13(20-9(2)22)4-3-5-14(8)21-16(23)11-6-10(17)7-12(18)15(11)19/h3-7H,1-2H3,(H,20,22)(H,21,23). The number of hydrogen-bond donors (Lipinski definition) is 2. The van der Waals surface area contributed by atoms with Crippen molar-refractivity contribution in [3.8, 4) is 0 Å². The predicted molar refractivity (Wildman–Crippen MR) is 103 cm³/mol. The molecule has 0 radical (unpaired) electrons. The zero-order chi connectivity index (χ0) is 17.1. The molecule has 4 nitrogen and oxygen atoms in total. The first-order chi connectivity index (χ1) is 10.8. The predicted octanol–water partition coefficient (Wildman–Crippen LogP) is 5.12. The Balaban J connectivity index is 2.33. The SMILES string of the molecule is CC(=O)Nc1cccc(NC(=O)c2cc(Cl)cc(Cl)c2I)c1C. The molecule has 0 fully saturated rings. The van der Waals surface area contributed by atoms with Crippen molar-refractivity contribution >= 4 is 69.0 Å². The van der Waals surface area contributed by atoms with Crippen molar-refractivity contribution in [2.75, 3.05) is 10.6 Å². The second-order valence-corrected chi connectivity index (χ2v) is 6.78. The van der Waals surface area contributed by atoms with Gasteiger partial charge >= 0.3 is 0 Å². The molecule has 0 aliphatic heterocycles. The average Bonchev–Trinajstić information content (AvgIpc) is 2.46. The van der Waals surface area contributed by atoms with Crippen molar-refractivity contribution in [1.29, 1.82) is 0 Å². The molecule has 2 N–H and O–H groups in total. The Morgan fingerprint density at radius 3 is 2.30 bits per heavy atom. The van der Waals surface area contributed by atoms with Crippen LogP contribution in [0.15, 0.2) is 30.3 Å². The van der Waals surface area contributed by atoms with Gasteiger partial charge in [-0.15, -0.1) is 0 Å². The van der Waals surface area contributed by atoms with Crippen molar-refractivity contribution in [2.24, 2.45) is 0 Å². The van der Waals surface area contributed by atoms with Gasteiger partial charge in [0.25, 0.3) is 5.91 Å². The molecule has 23 heavy (non-hydrogen) atoms. The molecule has 0 aliphatic carbocycles. The third-order valence-corrected chi connectivity index (χ3v) is 5.13. The third kappa shape index (κ3) is 4.37. The number of amides is 2. The summed E-state index contributed by atoms with van der Waals surface area (Å²) in [5.74, 6) is -0.491. The van der Waals surface area contributed by atoms with Crippen LogP contribution in [-0.2, 0) is 4.79 Å². The van der Waals surface area contributed by atoms with Gasteiger partial charge in [0.05, 0.1) is 10.6 Å². The Bertz CT molecular complexity index is 794. The van der Waals surface area contributed by atoms with Gasteiger partial charge in [-0.3, -0.25) is 9.59 Å². The van der Waals surface area contributed by atoms with Crippen LogP contribution in [0.2, 0.25) is 10.0 Å². The van der Waals surface area contributed by atoms with E-state index in [-0.39, 0.29) is 11.8 Å². The lowest BCUT2D eigenvalue weighted by atomic mass is 10.1. The average molecular weight is 463 g/mol. The van der Waals surface area contributed by atoms with E-state index < -0.39 is 0 Å². The van der Waals surface area contributed by atoms with Crippen LogP contribution in [0.3, 0.4) is 0 Å². The highest BCUT2D eigenvalue weighted by molar-refractivity contribution is 14.1. The molecule has 0 heterocycles. The van der Waals surface area contributed by atoms with E-state index in [0.717, 1.165) is 5.56 Å². The Hall–Kier alpha value is -1.31. The number of rotatable bonds is 3. The number of carbonyl (C=O) groups is 2. The first-order valence-corrected chi connectivity index (χ1v) is 8.46. The number of anilines is 2. The molecule has 0 atom stereocenters. The lowest BCUT2D eigenvalue weighted by molar-refractivity contribution is -0.114. The lowest BCUT2D eigenvalue weighted by Gasteiger charge is -2.14. The molecule has 0 aliphatic rings. The quantitative estimate of drug-likeness (QED) is 0.491. The summed E-state index contributed by atoms with van der Waals surface area (Å²) < 4.78 is 0.627. The van der Waals surface area contributed by atoms with Gasteiger partial charge < -0.3 is 10.6 Å². The van der Waals surface area contributed by atoms with Crippen LogP contribution >= 0.6 is 45.8 Å². The smallest absolute Gasteiger partial charge is 0.256 e. The normalized spacial score (nSPS) is 10.3. The maximum atomic E-state index is 12.5. The molecular weight excluding hydrogens is 450 g/mol. The minimum absolute atomic E-state index is 0.173. The molecule has 2 aromatic rings. The third-order valence-electron chi connectivity index (χ3n) is 3.13. The van der Waals surface area contributed by atoms with Gasteiger partial charge in [-0.05, 0) is 59.3 Å². The van der Waals surface area contributed by atoms with E-state index in [1.165, 1.54) is 6.92 Å². The fourth-order valence-electron chi connectivity index (χ4n) is 2.01. The molecule has 2 rings (SSSR count). The van der Waals surface area contributed by atoms with E-state index in [2.05, 4.69) is 10.6 Å².